The minimum absolute atomic E-state index is 0.0318. The molecule has 2 fully saturated rings. The Morgan fingerprint density at radius 3 is 2.41 bits per heavy atom. The third-order valence-electron chi connectivity index (χ3n) is 8.22. The molecule has 41 heavy (non-hydrogen) atoms. The minimum atomic E-state index is -0.801. The number of ether oxygens (including phenoxy) is 1. The summed E-state index contributed by atoms with van der Waals surface area (Å²) >= 11 is 6.02. The number of aldehydes is 2. The molecule has 2 N–H and O–H groups in total. The zero-order valence-corrected chi connectivity index (χ0v) is 24.1. The number of hydrogen-bond acceptors (Lipinski definition) is 6. The number of nitrogens with one attached hydrogen (secondary N) is 2. The fourth-order valence-corrected chi connectivity index (χ4v) is 6.28. The third kappa shape index (κ3) is 9.40. The van der Waals surface area contributed by atoms with E-state index in [1.54, 1.807) is 24.3 Å². The monoisotopic (exact) mass is 581 g/mol. The molecule has 2 aromatic rings. The molecule has 1 saturated carbocycles. The molecule has 4 rings (SSSR count). The van der Waals surface area contributed by atoms with Crippen molar-refractivity contribution >= 4 is 36.2 Å². The van der Waals surface area contributed by atoms with Crippen LogP contribution in [0, 0.1) is 11.8 Å². The summed E-state index contributed by atoms with van der Waals surface area (Å²) < 4.78 is 5.38. The Bertz CT molecular complexity index is 1160. The molecule has 220 valence electrons. The van der Waals surface area contributed by atoms with Gasteiger partial charge in [0.1, 0.15) is 25.2 Å². The lowest BCUT2D eigenvalue weighted by Crippen LogP contribution is -2.51. The molecule has 0 aromatic heterocycles. The van der Waals surface area contributed by atoms with Gasteiger partial charge in [0.2, 0.25) is 5.91 Å². The van der Waals surface area contributed by atoms with Gasteiger partial charge in [0.05, 0.1) is 12.1 Å². The number of hydrogen-bond donors (Lipinski definition) is 2. The molecular weight excluding hydrogens is 542 g/mol. The summed E-state index contributed by atoms with van der Waals surface area (Å²) in [4.78, 5) is 52.1. The average molecular weight is 582 g/mol. The summed E-state index contributed by atoms with van der Waals surface area (Å²) in [5.74, 6) is 0.102. The van der Waals surface area contributed by atoms with E-state index >= 15 is 0 Å². The molecule has 0 bridgehead atoms. The van der Waals surface area contributed by atoms with Gasteiger partial charge in [0.25, 0.3) is 0 Å². The molecule has 1 heterocycles. The first-order chi connectivity index (χ1) is 19.9. The van der Waals surface area contributed by atoms with Crippen molar-refractivity contribution in [1.29, 1.82) is 0 Å². The predicted molar refractivity (Wildman–Crippen MR) is 157 cm³/mol. The first-order valence-electron chi connectivity index (χ1n) is 14.6. The van der Waals surface area contributed by atoms with Gasteiger partial charge in [-0.05, 0) is 60.9 Å². The molecular formula is C32H40ClN3O5. The van der Waals surface area contributed by atoms with Gasteiger partial charge >= 0.3 is 6.09 Å². The Labute approximate surface area is 247 Å². The van der Waals surface area contributed by atoms with Crippen LogP contribution in [-0.2, 0) is 25.7 Å². The zero-order chi connectivity index (χ0) is 29.0. The van der Waals surface area contributed by atoms with Crippen LogP contribution in [0.25, 0.3) is 0 Å². The third-order valence-corrected chi connectivity index (χ3v) is 8.46. The summed E-state index contributed by atoms with van der Waals surface area (Å²) in [6.45, 7) is 1.44. The van der Waals surface area contributed by atoms with Crippen LogP contribution < -0.4 is 10.6 Å². The molecule has 1 aliphatic heterocycles. The van der Waals surface area contributed by atoms with Gasteiger partial charge in [0, 0.05) is 11.6 Å². The Kier molecular flexibility index (Phi) is 11.8. The molecule has 9 heteroatoms. The van der Waals surface area contributed by atoms with Gasteiger partial charge in [-0.3, -0.25) is 9.69 Å². The summed E-state index contributed by atoms with van der Waals surface area (Å²) in [7, 11) is 0. The lowest BCUT2D eigenvalue weighted by atomic mass is 9.84. The SMILES string of the molecule is O=CC(CC1CCN(C(C=O)c2ccccc2)C1)NC(=O)[C@H](CC1CCCCC1)NC(=O)OCc1cccc(Cl)c1. The summed E-state index contributed by atoms with van der Waals surface area (Å²) in [6.07, 6.45) is 8.27. The molecule has 1 aliphatic carbocycles. The molecule has 0 radical (unpaired) electrons. The normalized spacial score (nSPS) is 20.0. The maximum absolute atomic E-state index is 13.4. The van der Waals surface area contributed by atoms with Crippen LogP contribution in [0.4, 0.5) is 4.79 Å². The van der Waals surface area contributed by atoms with Crippen LogP contribution in [0.3, 0.4) is 0 Å². The standard InChI is InChI=1S/C32H40ClN3O5/c33-27-13-7-10-25(16-27)22-41-32(40)35-29(18-23-8-3-1-4-9-23)31(39)34-28(20-37)17-24-14-15-36(19-24)30(21-38)26-11-5-2-6-12-26/h2,5-7,10-13,16,20-21,23-24,28-30H,1,3-4,8-9,14-15,17-19,22H2,(H,34,39)(H,35,40)/t24?,28?,29-,30?/m0/s1. The number of benzene rings is 2. The van der Waals surface area contributed by atoms with Crippen LogP contribution in [0.15, 0.2) is 54.6 Å². The summed E-state index contributed by atoms with van der Waals surface area (Å²) in [5, 5.41) is 6.18. The van der Waals surface area contributed by atoms with Gasteiger partial charge in [-0.15, -0.1) is 0 Å². The fraction of sp³-hybridized carbons (Fsp3) is 0.500. The number of rotatable bonds is 13. The maximum atomic E-state index is 13.4. The Morgan fingerprint density at radius 1 is 0.927 bits per heavy atom. The number of nitrogens with zero attached hydrogens (tertiary/aromatic N) is 1. The number of halogens is 1. The Hall–Kier alpha value is -3.23. The lowest BCUT2D eigenvalue weighted by molar-refractivity contribution is -0.126. The molecule has 0 spiro atoms. The van der Waals surface area contributed by atoms with E-state index < -0.39 is 18.2 Å². The van der Waals surface area contributed by atoms with Crippen LogP contribution in [0.2, 0.25) is 5.02 Å². The number of amides is 2. The van der Waals surface area contributed by atoms with E-state index in [0.717, 1.165) is 62.3 Å². The molecule has 4 atom stereocenters. The summed E-state index contributed by atoms with van der Waals surface area (Å²) in [6, 6.07) is 14.9. The molecule has 1 saturated heterocycles. The highest BCUT2D eigenvalue weighted by Gasteiger charge is 2.32. The van der Waals surface area contributed by atoms with Gasteiger partial charge in [-0.2, -0.15) is 0 Å². The van der Waals surface area contributed by atoms with Crippen LogP contribution in [-0.4, -0.2) is 54.6 Å². The van der Waals surface area contributed by atoms with Crippen LogP contribution in [0.1, 0.15) is 68.5 Å². The largest absolute Gasteiger partial charge is 0.445 e. The van der Waals surface area contributed by atoms with E-state index in [1.807, 2.05) is 30.3 Å². The average Bonchev–Trinajstić information content (AvgIpc) is 3.44. The fourth-order valence-electron chi connectivity index (χ4n) is 6.07. The van der Waals surface area contributed by atoms with Crippen molar-refractivity contribution in [2.45, 2.75) is 76.1 Å². The van der Waals surface area contributed by atoms with Crippen molar-refractivity contribution < 1.29 is 23.9 Å². The number of likely N-dealkylation sites (tertiary alicyclic amines) is 1. The lowest BCUT2D eigenvalue weighted by Gasteiger charge is -2.28. The van der Waals surface area contributed by atoms with E-state index in [9.17, 15) is 19.2 Å². The first kappa shape index (κ1) is 30.7. The van der Waals surface area contributed by atoms with Crippen molar-refractivity contribution in [1.82, 2.24) is 15.5 Å². The highest BCUT2D eigenvalue weighted by atomic mass is 35.5. The second kappa shape index (κ2) is 15.7. The van der Waals surface area contributed by atoms with Gasteiger partial charge in [0.15, 0.2) is 0 Å². The highest BCUT2D eigenvalue weighted by molar-refractivity contribution is 6.30. The second-order valence-electron chi connectivity index (χ2n) is 11.3. The van der Waals surface area contributed by atoms with Gasteiger partial charge in [-0.25, -0.2) is 4.79 Å². The maximum Gasteiger partial charge on any atom is 0.408 e. The van der Waals surface area contributed by atoms with E-state index in [1.165, 1.54) is 6.42 Å². The van der Waals surface area contributed by atoms with Crippen molar-refractivity contribution in [3.8, 4) is 0 Å². The zero-order valence-electron chi connectivity index (χ0n) is 23.4. The second-order valence-corrected chi connectivity index (χ2v) is 11.7. The van der Waals surface area contributed by atoms with E-state index in [0.29, 0.717) is 30.3 Å². The predicted octanol–water partition coefficient (Wildman–Crippen LogP) is 5.24. The van der Waals surface area contributed by atoms with E-state index in [4.69, 9.17) is 16.3 Å². The van der Waals surface area contributed by atoms with Crippen LogP contribution >= 0.6 is 11.6 Å². The summed E-state index contributed by atoms with van der Waals surface area (Å²) in [5.41, 5.74) is 1.69. The molecule has 3 unspecified atom stereocenters. The van der Waals surface area contributed by atoms with Gasteiger partial charge in [-0.1, -0.05) is 86.2 Å². The highest BCUT2D eigenvalue weighted by Crippen LogP contribution is 2.29. The van der Waals surface area contributed by atoms with E-state index in [-0.39, 0.29) is 24.5 Å². The smallest absolute Gasteiger partial charge is 0.408 e. The van der Waals surface area contributed by atoms with Crippen molar-refractivity contribution in [2.75, 3.05) is 13.1 Å². The van der Waals surface area contributed by atoms with E-state index in [2.05, 4.69) is 15.5 Å². The Balaban J connectivity index is 1.33. The first-order valence-corrected chi connectivity index (χ1v) is 15.0. The Morgan fingerprint density at radius 2 is 1.71 bits per heavy atom. The molecule has 2 amide bonds. The minimum Gasteiger partial charge on any atom is -0.445 e. The number of alkyl carbamates (subject to hydrolysis) is 1. The quantitative estimate of drug-likeness (QED) is 0.313. The van der Waals surface area contributed by atoms with Crippen molar-refractivity contribution in [3.63, 3.8) is 0 Å². The molecule has 8 nitrogen and oxygen atoms in total. The molecule has 2 aliphatic rings. The number of carbonyl (C=O) groups excluding carboxylic acids is 4. The topological polar surface area (TPSA) is 105 Å². The van der Waals surface area contributed by atoms with Crippen molar-refractivity contribution in [3.05, 3.63) is 70.7 Å². The van der Waals surface area contributed by atoms with Crippen LogP contribution in [0.5, 0.6) is 0 Å². The van der Waals surface area contributed by atoms with Crippen molar-refractivity contribution in [2.24, 2.45) is 11.8 Å². The molecule has 2 aromatic carbocycles. The number of carbonyl (C=O) groups is 4. The van der Waals surface area contributed by atoms with Gasteiger partial charge < -0.3 is 25.0 Å².